The first-order valence-electron chi connectivity index (χ1n) is 5.38. The topological polar surface area (TPSA) is 63.4 Å². The molecular weight excluding hydrogens is 236 g/mol. The summed E-state index contributed by atoms with van der Waals surface area (Å²) >= 11 is 0. The Labute approximate surface area is 103 Å². The van der Waals surface area contributed by atoms with E-state index in [1.165, 1.54) is 16.4 Å². The maximum atomic E-state index is 12.3. The second-order valence-corrected chi connectivity index (χ2v) is 5.92. The lowest BCUT2D eigenvalue weighted by Gasteiger charge is -2.24. The molecule has 1 rings (SSSR count). The number of hydrogen-bond donors (Lipinski definition) is 1. The van der Waals surface area contributed by atoms with Crippen molar-refractivity contribution in [3.63, 3.8) is 0 Å². The molecule has 17 heavy (non-hydrogen) atoms. The number of anilines is 1. The fourth-order valence-electron chi connectivity index (χ4n) is 1.49. The van der Waals surface area contributed by atoms with Crippen LogP contribution in [0.1, 0.15) is 13.8 Å². The third kappa shape index (κ3) is 3.08. The lowest BCUT2D eigenvalue weighted by atomic mass is 10.3. The van der Waals surface area contributed by atoms with Crippen molar-refractivity contribution in [1.82, 2.24) is 4.31 Å². The molecule has 5 heteroatoms. The third-order valence-corrected chi connectivity index (χ3v) is 4.43. The van der Waals surface area contributed by atoms with Gasteiger partial charge in [0.25, 0.3) is 0 Å². The Bertz CT molecular complexity index is 478. The van der Waals surface area contributed by atoms with Crippen LogP contribution in [0.4, 0.5) is 5.69 Å². The van der Waals surface area contributed by atoms with Gasteiger partial charge in [0.2, 0.25) is 10.0 Å². The van der Waals surface area contributed by atoms with Crippen molar-refractivity contribution < 1.29 is 8.42 Å². The second kappa shape index (κ2) is 5.33. The Morgan fingerprint density at radius 2 is 1.88 bits per heavy atom. The van der Waals surface area contributed by atoms with Gasteiger partial charge in [-0.2, -0.15) is 4.31 Å². The average molecular weight is 254 g/mol. The normalized spacial score (nSPS) is 12.0. The molecule has 0 unspecified atom stereocenters. The molecule has 94 valence electrons. The third-order valence-electron chi connectivity index (χ3n) is 2.37. The molecule has 0 amide bonds. The Morgan fingerprint density at radius 3 is 2.29 bits per heavy atom. The maximum Gasteiger partial charge on any atom is 0.243 e. The van der Waals surface area contributed by atoms with E-state index in [0.29, 0.717) is 12.2 Å². The predicted molar refractivity (Wildman–Crippen MR) is 70.1 cm³/mol. The van der Waals surface area contributed by atoms with Crippen LogP contribution in [0.5, 0.6) is 0 Å². The van der Waals surface area contributed by atoms with Gasteiger partial charge in [-0.25, -0.2) is 8.42 Å². The molecule has 4 nitrogen and oxygen atoms in total. The van der Waals surface area contributed by atoms with E-state index in [4.69, 9.17) is 5.73 Å². The van der Waals surface area contributed by atoms with Gasteiger partial charge in [0.15, 0.2) is 0 Å². The number of benzene rings is 1. The Hall–Kier alpha value is -1.33. The smallest absolute Gasteiger partial charge is 0.243 e. The van der Waals surface area contributed by atoms with Crippen LogP contribution in [0.3, 0.4) is 0 Å². The number of nitrogen functional groups attached to an aromatic ring is 1. The van der Waals surface area contributed by atoms with Crippen molar-refractivity contribution in [2.24, 2.45) is 0 Å². The summed E-state index contributed by atoms with van der Waals surface area (Å²) in [5.74, 6) is 0. The molecule has 0 saturated carbocycles. The molecule has 0 aliphatic heterocycles. The molecule has 0 radical (unpaired) electrons. The zero-order valence-corrected chi connectivity index (χ0v) is 10.9. The number of sulfonamides is 1. The first kappa shape index (κ1) is 13.7. The Kier molecular flexibility index (Phi) is 4.31. The van der Waals surface area contributed by atoms with Gasteiger partial charge < -0.3 is 5.73 Å². The van der Waals surface area contributed by atoms with Crippen LogP contribution < -0.4 is 5.73 Å². The van der Waals surface area contributed by atoms with Gasteiger partial charge >= 0.3 is 0 Å². The van der Waals surface area contributed by atoms with Gasteiger partial charge in [-0.15, -0.1) is 6.58 Å². The first-order valence-corrected chi connectivity index (χ1v) is 6.82. The molecule has 0 spiro atoms. The van der Waals surface area contributed by atoms with E-state index in [-0.39, 0.29) is 10.9 Å². The summed E-state index contributed by atoms with van der Waals surface area (Å²) in [6.07, 6.45) is 1.58. The zero-order chi connectivity index (χ0) is 13.1. The highest BCUT2D eigenvalue weighted by atomic mass is 32.2. The minimum atomic E-state index is -3.47. The van der Waals surface area contributed by atoms with Crippen molar-refractivity contribution in [1.29, 1.82) is 0 Å². The summed E-state index contributed by atoms with van der Waals surface area (Å²) in [4.78, 5) is 0.252. The molecule has 0 heterocycles. The quantitative estimate of drug-likeness (QED) is 0.644. The van der Waals surface area contributed by atoms with Crippen LogP contribution in [0.2, 0.25) is 0 Å². The van der Waals surface area contributed by atoms with Gasteiger partial charge in [-0.1, -0.05) is 6.08 Å². The standard InChI is InChI=1S/C12H18N2O2S/c1-4-9-14(10(2)3)17(15,16)12-7-5-11(13)6-8-12/h4-8,10H,1,9,13H2,2-3H3. The van der Waals surface area contributed by atoms with Crippen LogP contribution in [0.25, 0.3) is 0 Å². The van der Waals surface area contributed by atoms with E-state index in [2.05, 4.69) is 6.58 Å². The second-order valence-electron chi connectivity index (χ2n) is 4.03. The van der Waals surface area contributed by atoms with Gasteiger partial charge in [-0.05, 0) is 38.1 Å². The fourth-order valence-corrected chi connectivity index (χ4v) is 3.10. The van der Waals surface area contributed by atoms with Gasteiger partial charge in [-0.3, -0.25) is 0 Å². The van der Waals surface area contributed by atoms with Crippen molar-refractivity contribution in [2.75, 3.05) is 12.3 Å². The highest BCUT2D eigenvalue weighted by molar-refractivity contribution is 7.89. The molecule has 0 aliphatic rings. The van der Waals surface area contributed by atoms with Crippen molar-refractivity contribution >= 4 is 15.7 Å². The minimum absolute atomic E-state index is 0.115. The summed E-state index contributed by atoms with van der Waals surface area (Å²) in [5.41, 5.74) is 6.09. The molecule has 0 bridgehead atoms. The van der Waals surface area contributed by atoms with Crippen LogP contribution >= 0.6 is 0 Å². The Morgan fingerprint density at radius 1 is 1.35 bits per heavy atom. The SMILES string of the molecule is C=CCN(C(C)C)S(=O)(=O)c1ccc(N)cc1. The van der Waals surface area contributed by atoms with E-state index in [0.717, 1.165) is 0 Å². The Balaban J connectivity index is 3.16. The summed E-state index contributed by atoms with van der Waals surface area (Å²) in [6, 6.07) is 6.08. The molecular formula is C12H18N2O2S. The van der Waals surface area contributed by atoms with E-state index < -0.39 is 10.0 Å². The summed E-state index contributed by atoms with van der Waals surface area (Å²) in [7, 11) is -3.47. The lowest BCUT2D eigenvalue weighted by molar-refractivity contribution is 0.383. The molecule has 1 aromatic carbocycles. The average Bonchev–Trinajstić information content (AvgIpc) is 2.25. The number of nitrogens with zero attached hydrogens (tertiary/aromatic N) is 1. The molecule has 0 saturated heterocycles. The van der Waals surface area contributed by atoms with Crippen LogP contribution in [0, 0.1) is 0 Å². The van der Waals surface area contributed by atoms with E-state index in [1.54, 1.807) is 18.2 Å². The van der Waals surface area contributed by atoms with Crippen molar-refractivity contribution in [3.05, 3.63) is 36.9 Å². The predicted octanol–water partition coefficient (Wildman–Crippen LogP) is 1.85. The number of hydrogen-bond acceptors (Lipinski definition) is 3. The van der Waals surface area contributed by atoms with Crippen LogP contribution in [-0.4, -0.2) is 25.3 Å². The largest absolute Gasteiger partial charge is 0.399 e. The molecule has 0 fully saturated rings. The summed E-state index contributed by atoms with van der Waals surface area (Å²) < 4.78 is 26.0. The van der Waals surface area contributed by atoms with Crippen molar-refractivity contribution in [2.45, 2.75) is 24.8 Å². The molecule has 0 aliphatic carbocycles. The van der Waals surface area contributed by atoms with E-state index in [9.17, 15) is 8.42 Å². The highest BCUT2D eigenvalue weighted by Gasteiger charge is 2.25. The fraction of sp³-hybridized carbons (Fsp3) is 0.333. The number of nitrogens with two attached hydrogens (primary N) is 1. The molecule has 0 aromatic heterocycles. The van der Waals surface area contributed by atoms with Gasteiger partial charge in [0, 0.05) is 18.3 Å². The number of rotatable bonds is 5. The molecule has 1 aromatic rings. The van der Waals surface area contributed by atoms with Crippen LogP contribution in [-0.2, 0) is 10.0 Å². The van der Waals surface area contributed by atoms with Crippen LogP contribution in [0.15, 0.2) is 41.8 Å². The summed E-state index contributed by atoms with van der Waals surface area (Å²) in [6.45, 7) is 7.54. The first-order chi connectivity index (χ1) is 7.89. The minimum Gasteiger partial charge on any atom is -0.399 e. The van der Waals surface area contributed by atoms with E-state index in [1.807, 2.05) is 13.8 Å². The van der Waals surface area contributed by atoms with E-state index >= 15 is 0 Å². The van der Waals surface area contributed by atoms with Gasteiger partial charge in [0.05, 0.1) is 4.90 Å². The molecule has 2 N–H and O–H groups in total. The highest BCUT2D eigenvalue weighted by Crippen LogP contribution is 2.19. The van der Waals surface area contributed by atoms with Gasteiger partial charge in [0.1, 0.15) is 0 Å². The molecule has 0 atom stereocenters. The maximum absolute atomic E-state index is 12.3. The zero-order valence-electron chi connectivity index (χ0n) is 10.1. The monoisotopic (exact) mass is 254 g/mol. The lowest BCUT2D eigenvalue weighted by Crippen LogP contribution is -2.36. The summed E-state index contributed by atoms with van der Waals surface area (Å²) in [5, 5.41) is 0. The van der Waals surface area contributed by atoms with Crippen molar-refractivity contribution in [3.8, 4) is 0 Å².